The van der Waals surface area contributed by atoms with Gasteiger partial charge in [0.25, 0.3) is 0 Å². The van der Waals surface area contributed by atoms with Crippen LogP contribution in [0.5, 0.6) is 0 Å². The summed E-state index contributed by atoms with van der Waals surface area (Å²) < 4.78 is 15.3. The van der Waals surface area contributed by atoms with Crippen molar-refractivity contribution in [2.75, 3.05) is 0 Å². The quantitative estimate of drug-likeness (QED) is 0.600. The van der Waals surface area contributed by atoms with Crippen molar-refractivity contribution in [1.29, 1.82) is 5.26 Å². The number of hydrogen-bond donors (Lipinski definition) is 1. The zero-order chi connectivity index (χ0) is 15.7. The fourth-order valence-corrected chi connectivity index (χ4v) is 3.31. The SMILES string of the molecule is N#CCC(c1ccc(Cl)cc1F)c1[nH]nc2c(I)cccc12. The monoisotopic (exact) mass is 425 g/mol. The Morgan fingerprint density at radius 2 is 2.18 bits per heavy atom. The standard InChI is InChI=1S/C16H10ClFIN3/c17-9-4-5-10(13(18)8-9)11(6-7-20)15-12-2-1-3-14(19)16(12)22-21-15/h1-5,8,11H,6H2,(H,21,22). The molecule has 22 heavy (non-hydrogen) atoms. The molecule has 2 aromatic carbocycles. The lowest BCUT2D eigenvalue weighted by atomic mass is 9.91. The highest BCUT2D eigenvalue weighted by Gasteiger charge is 2.22. The normalized spacial score (nSPS) is 12.3. The van der Waals surface area contributed by atoms with Crippen LogP contribution in [0.15, 0.2) is 36.4 Å². The van der Waals surface area contributed by atoms with Gasteiger partial charge in [0.2, 0.25) is 0 Å². The van der Waals surface area contributed by atoms with Gasteiger partial charge in [-0.3, -0.25) is 5.10 Å². The molecule has 3 rings (SSSR count). The Kier molecular flexibility index (Phi) is 4.32. The zero-order valence-corrected chi connectivity index (χ0v) is 14.2. The molecule has 0 aliphatic heterocycles. The molecule has 0 aliphatic carbocycles. The summed E-state index contributed by atoms with van der Waals surface area (Å²) in [6, 6.07) is 12.5. The van der Waals surface area contributed by atoms with E-state index in [2.05, 4.69) is 38.9 Å². The fraction of sp³-hybridized carbons (Fsp3) is 0.125. The molecule has 1 N–H and O–H groups in total. The Hall–Kier alpha value is -1.65. The maximum atomic E-state index is 14.3. The molecule has 0 aliphatic rings. The first kappa shape index (κ1) is 15.3. The second kappa shape index (κ2) is 6.23. The van der Waals surface area contributed by atoms with Gasteiger partial charge in [-0.2, -0.15) is 10.4 Å². The maximum absolute atomic E-state index is 14.3. The summed E-state index contributed by atoms with van der Waals surface area (Å²) in [7, 11) is 0. The number of H-pyrrole nitrogens is 1. The van der Waals surface area contributed by atoms with Crippen LogP contribution in [0.4, 0.5) is 4.39 Å². The molecule has 0 spiro atoms. The third kappa shape index (κ3) is 2.69. The third-order valence-electron chi connectivity index (χ3n) is 3.55. The summed E-state index contributed by atoms with van der Waals surface area (Å²) in [5, 5.41) is 17.7. The molecule has 0 bridgehead atoms. The molecule has 3 aromatic rings. The molecule has 1 heterocycles. The highest BCUT2D eigenvalue weighted by Crippen LogP contribution is 2.34. The van der Waals surface area contributed by atoms with Crippen molar-refractivity contribution in [2.24, 2.45) is 0 Å². The topological polar surface area (TPSA) is 52.5 Å². The van der Waals surface area contributed by atoms with E-state index in [1.54, 1.807) is 12.1 Å². The average Bonchev–Trinajstić information content (AvgIpc) is 2.91. The largest absolute Gasteiger partial charge is 0.281 e. The van der Waals surface area contributed by atoms with E-state index in [1.165, 1.54) is 6.07 Å². The van der Waals surface area contributed by atoms with E-state index in [0.29, 0.717) is 10.6 Å². The van der Waals surface area contributed by atoms with Crippen molar-refractivity contribution in [3.63, 3.8) is 0 Å². The molecule has 0 fully saturated rings. The van der Waals surface area contributed by atoms with Crippen LogP contribution in [-0.4, -0.2) is 10.2 Å². The molecule has 6 heteroatoms. The van der Waals surface area contributed by atoms with Gasteiger partial charge >= 0.3 is 0 Å². The third-order valence-corrected chi connectivity index (χ3v) is 4.65. The number of aromatic nitrogens is 2. The molecule has 3 nitrogen and oxygen atoms in total. The van der Waals surface area contributed by atoms with Gasteiger partial charge in [-0.1, -0.05) is 29.8 Å². The van der Waals surface area contributed by atoms with Crippen molar-refractivity contribution in [3.05, 3.63) is 62.1 Å². The van der Waals surface area contributed by atoms with Crippen molar-refractivity contribution >= 4 is 45.1 Å². The number of halogens is 3. The number of nitriles is 1. The Morgan fingerprint density at radius 3 is 2.91 bits per heavy atom. The number of nitrogens with zero attached hydrogens (tertiary/aromatic N) is 2. The van der Waals surface area contributed by atoms with E-state index in [9.17, 15) is 4.39 Å². The molecule has 1 atom stereocenters. The van der Waals surface area contributed by atoms with Gasteiger partial charge in [-0.25, -0.2) is 4.39 Å². The minimum absolute atomic E-state index is 0.154. The summed E-state index contributed by atoms with van der Waals surface area (Å²) in [4.78, 5) is 0. The molecule has 1 unspecified atom stereocenters. The fourth-order valence-electron chi connectivity index (χ4n) is 2.53. The number of fused-ring (bicyclic) bond motifs is 1. The first-order chi connectivity index (χ1) is 10.6. The Bertz CT molecular complexity index is 885. The molecular weight excluding hydrogens is 416 g/mol. The predicted octanol–water partition coefficient (Wildman–Crippen LogP) is 5.01. The molecule has 0 saturated heterocycles. The van der Waals surface area contributed by atoms with Crippen LogP contribution in [0.1, 0.15) is 23.6 Å². The minimum Gasteiger partial charge on any atom is -0.281 e. The Balaban J connectivity index is 2.18. The summed E-state index contributed by atoms with van der Waals surface area (Å²) in [5.74, 6) is -0.827. The molecule has 0 saturated carbocycles. The summed E-state index contributed by atoms with van der Waals surface area (Å²) in [6.07, 6.45) is 0.154. The number of nitrogens with one attached hydrogen (secondary N) is 1. The number of benzene rings is 2. The van der Waals surface area contributed by atoms with Gasteiger partial charge in [-0.05, 0) is 46.4 Å². The van der Waals surface area contributed by atoms with Gasteiger partial charge in [0.05, 0.1) is 11.8 Å². The number of rotatable bonds is 3. The number of aromatic amines is 1. The van der Waals surface area contributed by atoms with E-state index in [1.807, 2.05) is 18.2 Å². The van der Waals surface area contributed by atoms with E-state index < -0.39 is 11.7 Å². The molecular formula is C16H10ClFIN3. The van der Waals surface area contributed by atoms with Crippen molar-refractivity contribution in [3.8, 4) is 6.07 Å². The lowest BCUT2D eigenvalue weighted by molar-refractivity contribution is 0.595. The lowest BCUT2D eigenvalue weighted by Crippen LogP contribution is -2.04. The highest BCUT2D eigenvalue weighted by atomic mass is 127. The zero-order valence-electron chi connectivity index (χ0n) is 11.3. The summed E-state index contributed by atoms with van der Waals surface area (Å²) in [5.41, 5.74) is 2.02. The van der Waals surface area contributed by atoms with Crippen LogP contribution in [0.2, 0.25) is 5.02 Å². The molecule has 0 amide bonds. The molecule has 1 aromatic heterocycles. The summed E-state index contributed by atoms with van der Waals surface area (Å²) in [6.45, 7) is 0. The van der Waals surface area contributed by atoms with Crippen molar-refractivity contribution in [2.45, 2.75) is 12.3 Å². The van der Waals surface area contributed by atoms with Crippen LogP contribution in [0, 0.1) is 20.7 Å². The maximum Gasteiger partial charge on any atom is 0.128 e. The van der Waals surface area contributed by atoms with Gasteiger partial charge < -0.3 is 0 Å². The average molecular weight is 426 g/mol. The lowest BCUT2D eigenvalue weighted by Gasteiger charge is -2.14. The van der Waals surface area contributed by atoms with Crippen molar-refractivity contribution < 1.29 is 4.39 Å². The number of para-hydroxylation sites is 1. The Morgan fingerprint density at radius 1 is 1.36 bits per heavy atom. The number of hydrogen-bond acceptors (Lipinski definition) is 2. The van der Waals surface area contributed by atoms with Crippen LogP contribution < -0.4 is 0 Å². The molecule has 110 valence electrons. The second-order valence-corrected chi connectivity index (χ2v) is 6.45. The smallest absolute Gasteiger partial charge is 0.128 e. The van der Waals surface area contributed by atoms with Crippen LogP contribution in [0.25, 0.3) is 10.9 Å². The first-order valence-electron chi connectivity index (χ1n) is 6.56. The van der Waals surface area contributed by atoms with E-state index in [4.69, 9.17) is 16.9 Å². The van der Waals surface area contributed by atoms with E-state index >= 15 is 0 Å². The molecule has 0 radical (unpaired) electrons. The van der Waals surface area contributed by atoms with Gasteiger partial charge in [0.1, 0.15) is 11.3 Å². The van der Waals surface area contributed by atoms with Gasteiger partial charge in [0.15, 0.2) is 0 Å². The minimum atomic E-state index is -0.416. The summed E-state index contributed by atoms with van der Waals surface area (Å²) >= 11 is 8.02. The van der Waals surface area contributed by atoms with Crippen LogP contribution in [0.3, 0.4) is 0 Å². The van der Waals surface area contributed by atoms with E-state index in [0.717, 1.165) is 20.2 Å². The van der Waals surface area contributed by atoms with Gasteiger partial charge in [-0.15, -0.1) is 0 Å². The Labute approximate surface area is 145 Å². The highest BCUT2D eigenvalue weighted by molar-refractivity contribution is 14.1. The van der Waals surface area contributed by atoms with Crippen LogP contribution >= 0.6 is 34.2 Å². The first-order valence-corrected chi connectivity index (χ1v) is 8.02. The van der Waals surface area contributed by atoms with Crippen LogP contribution in [-0.2, 0) is 0 Å². The van der Waals surface area contributed by atoms with E-state index in [-0.39, 0.29) is 6.42 Å². The predicted molar refractivity (Wildman–Crippen MR) is 92.3 cm³/mol. The van der Waals surface area contributed by atoms with Crippen molar-refractivity contribution in [1.82, 2.24) is 10.2 Å². The van der Waals surface area contributed by atoms with Gasteiger partial charge in [0, 0.05) is 26.3 Å². The second-order valence-electron chi connectivity index (χ2n) is 4.85.